The van der Waals surface area contributed by atoms with E-state index in [2.05, 4.69) is 10.6 Å². The van der Waals surface area contributed by atoms with Gasteiger partial charge in [-0.05, 0) is 23.8 Å². The summed E-state index contributed by atoms with van der Waals surface area (Å²) in [6, 6.07) is 14.5. The first kappa shape index (κ1) is 17.5. The van der Waals surface area contributed by atoms with E-state index in [-0.39, 0.29) is 11.8 Å². The Morgan fingerprint density at radius 1 is 1.12 bits per heavy atom. The Labute approximate surface area is 141 Å². The molecule has 4 N–H and O–H groups in total. The van der Waals surface area contributed by atoms with Crippen LogP contribution in [-0.2, 0) is 11.4 Å². The van der Waals surface area contributed by atoms with Crippen LogP contribution in [0.4, 0.5) is 5.69 Å². The molecule has 0 heterocycles. The number of anilines is 1. The zero-order valence-electron chi connectivity index (χ0n) is 13.5. The van der Waals surface area contributed by atoms with Gasteiger partial charge in [0.25, 0.3) is 5.91 Å². The van der Waals surface area contributed by atoms with E-state index in [1.165, 1.54) is 6.92 Å². The number of benzene rings is 2. The summed E-state index contributed by atoms with van der Waals surface area (Å²) in [6.07, 6.45) is 0. The molecule has 2 aromatic rings. The molecular formula is C18H21N3O3. The number of rotatable bonds is 7. The van der Waals surface area contributed by atoms with Crippen molar-refractivity contribution in [2.45, 2.75) is 13.5 Å². The molecule has 0 saturated carbocycles. The quantitative estimate of drug-likeness (QED) is 0.724. The predicted molar refractivity (Wildman–Crippen MR) is 92.9 cm³/mol. The normalized spacial score (nSPS) is 10.1. The SMILES string of the molecule is CC(=O)Nc1ccc(C(=O)NCCN)cc1OCc1ccccc1. The van der Waals surface area contributed by atoms with Crippen LogP contribution in [0.25, 0.3) is 0 Å². The Morgan fingerprint density at radius 2 is 1.88 bits per heavy atom. The molecule has 24 heavy (non-hydrogen) atoms. The minimum Gasteiger partial charge on any atom is -0.487 e. The van der Waals surface area contributed by atoms with Crippen molar-refractivity contribution in [1.82, 2.24) is 5.32 Å². The van der Waals surface area contributed by atoms with Gasteiger partial charge in [-0.2, -0.15) is 0 Å². The second-order valence-electron chi connectivity index (χ2n) is 5.21. The first-order valence-corrected chi connectivity index (χ1v) is 7.67. The van der Waals surface area contributed by atoms with Gasteiger partial charge in [0.2, 0.25) is 5.91 Å². The monoisotopic (exact) mass is 327 g/mol. The summed E-state index contributed by atoms with van der Waals surface area (Å²) < 4.78 is 5.80. The van der Waals surface area contributed by atoms with Gasteiger partial charge in [-0.1, -0.05) is 30.3 Å². The summed E-state index contributed by atoms with van der Waals surface area (Å²) >= 11 is 0. The highest BCUT2D eigenvalue weighted by Gasteiger charge is 2.11. The number of ether oxygens (including phenoxy) is 1. The first-order chi connectivity index (χ1) is 11.6. The van der Waals surface area contributed by atoms with Crippen LogP contribution in [0.2, 0.25) is 0 Å². The number of hydrogen-bond acceptors (Lipinski definition) is 4. The lowest BCUT2D eigenvalue weighted by Crippen LogP contribution is -2.29. The van der Waals surface area contributed by atoms with Crippen molar-refractivity contribution in [3.8, 4) is 5.75 Å². The van der Waals surface area contributed by atoms with Crippen LogP contribution in [0.3, 0.4) is 0 Å². The molecule has 0 radical (unpaired) electrons. The van der Waals surface area contributed by atoms with Crippen molar-refractivity contribution >= 4 is 17.5 Å². The van der Waals surface area contributed by atoms with E-state index in [1.54, 1.807) is 18.2 Å². The third-order valence-electron chi connectivity index (χ3n) is 3.22. The van der Waals surface area contributed by atoms with Gasteiger partial charge in [0, 0.05) is 25.6 Å². The second kappa shape index (κ2) is 8.69. The molecule has 2 rings (SSSR count). The molecule has 0 atom stereocenters. The summed E-state index contributed by atoms with van der Waals surface area (Å²) in [7, 11) is 0. The topological polar surface area (TPSA) is 93.5 Å². The lowest BCUT2D eigenvalue weighted by molar-refractivity contribution is -0.114. The zero-order valence-corrected chi connectivity index (χ0v) is 13.5. The molecule has 126 valence electrons. The lowest BCUT2D eigenvalue weighted by atomic mass is 10.1. The highest BCUT2D eigenvalue weighted by Crippen LogP contribution is 2.27. The molecule has 0 unspecified atom stereocenters. The molecule has 0 aliphatic heterocycles. The molecule has 0 aromatic heterocycles. The maximum atomic E-state index is 12.1. The summed E-state index contributed by atoms with van der Waals surface area (Å²) in [5.41, 5.74) is 7.35. The smallest absolute Gasteiger partial charge is 0.251 e. The summed E-state index contributed by atoms with van der Waals surface area (Å²) in [6.45, 7) is 2.52. The minimum atomic E-state index is -0.237. The average Bonchev–Trinajstić information content (AvgIpc) is 2.59. The van der Waals surface area contributed by atoms with Crippen LogP contribution in [0.5, 0.6) is 5.75 Å². The summed E-state index contributed by atoms with van der Waals surface area (Å²) in [5.74, 6) is -0.00580. The van der Waals surface area contributed by atoms with Crippen molar-refractivity contribution in [3.05, 3.63) is 59.7 Å². The van der Waals surface area contributed by atoms with Gasteiger partial charge < -0.3 is 21.1 Å². The zero-order chi connectivity index (χ0) is 17.4. The van der Waals surface area contributed by atoms with Crippen molar-refractivity contribution in [2.75, 3.05) is 18.4 Å². The van der Waals surface area contributed by atoms with E-state index in [4.69, 9.17) is 10.5 Å². The Bertz CT molecular complexity index is 702. The van der Waals surface area contributed by atoms with Crippen LogP contribution in [0.15, 0.2) is 48.5 Å². The van der Waals surface area contributed by atoms with E-state index in [9.17, 15) is 9.59 Å². The molecule has 0 aliphatic carbocycles. The van der Waals surface area contributed by atoms with Crippen LogP contribution in [0.1, 0.15) is 22.8 Å². The predicted octanol–water partition coefficient (Wildman–Crippen LogP) is 1.91. The fraction of sp³-hybridized carbons (Fsp3) is 0.222. The summed E-state index contributed by atoms with van der Waals surface area (Å²) in [4.78, 5) is 23.4. The number of amides is 2. The highest BCUT2D eigenvalue weighted by atomic mass is 16.5. The van der Waals surface area contributed by atoms with Crippen molar-refractivity contribution in [2.24, 2.45) is 5.73 Å². The molecular weight excluding hydrogens is 306 g/mol. The van der Waals surface area contributed by atoms with E-state index in [0.29, 0.717) is 36.7 Å². The highest BCUT2D eigenvalue weighted by molar-refractivity contribution is 5.96. The fourth-order valence-corrected chi connectivity index (χ4v) is 2.10. The molecule has 0 spiro atoms. The maximum Gasteiger partial charge on any atom is 0.251 e. The van der Waals surface area contributed by atoms with Gasteiger partial charge in [0.15, 0.2) is 0 Å². The molecule has 6 nitrogen and oxygen atoms in total. The van der Waals surface area contributed by atoms with Crippen LogP contribution < -0.4 is 21.1 Å². The standard InChI is InChI=1S/C18H21N3O3/c1-13(22)21-16-8-7-15(18(23)20-10-9-19)11-17(16)24-12-14-5-3-2-4-6-14/h2-8,11H,9-10,12,19H2,1H3,(H,20,23)(H,21,22). The van der Waals surface area contributed by atoms with Crippen molar-refractivity contribution < 1.29 is 14.3 Å². The minimum absolute atomic E-state index is 0.208. The molecule has 0 bridgehead atoms. The first-order valence-electron chi connectivity index (χ1n) is 7.67. The van der Waals surface area contributed by atoms with Crippen LogP contribution in [0, 0.1) is 0 Å². The van der Waals surface area contributed by atoms with Gasteiger partial charge in [-0.25, -0.2) is 0 Å². The summed E-state index contributed by atoms with van der Waals surface area (Å²) in [5, 5.41) is 5.41. The van der Waals surface area contributed by atoms with E-state index >= 15 is 0 Å². The molecule has 2 aromatic carbocycles. The Kier molecular flexibility index (Phi) is 6.33. The number of nitrogens with two attached hydrogens (primary N) is 1. The molecule has 6 heteroatoms. The van der Waals surface area contributed by atoms with Crippen molar-refractivity contribution in [1.29, 1.82) is 0 Å². The Hall–Kier alpha value is -2.86. The Morgan fingerprint density at radius 3 is 2.54 bits per heavy atom. The van der Waals surface area contributed by atoms with Crippen LogP contribution >= 0.6 is 0 Å². The number of carbonyl (C=O) groups is 2. The van der Waals surface area contributed by atoms with Crippen molar-refractivity contribution in [3.63, 3.8) is 0 Å². The number of hydrogen-bond donors (Lipinski definition) is 3. The number of nitrogens with one attached hydrogen (secondary N) is 2. The second-order valence-corrected chi connectivity index (χ2v) is 5.21. The average molecular weight is 327 g/mol. The lowest BCUT2D eigenvalue weighted by Gasteiger charge is -2.13. The van der Waals surface area contributed by atoms with Crippen LogP contribution in [-0.4, -0.2) is 24.9 Å². The van der Waals surface area contributed by atoms with E-state index < -0.39 is 0 Å². The third-order valence-corrected chi connectivity index (χ3v) is 3.22. The molecule has 0 saturated heterocycles. The van der Waals surface area contributed by atoms with Gasteiger partial charge in [-0.15, -0.1) is 0 Å². The molecule has 2 amide bonds. The van der Waals surface area contributed by atoms with Gasteiger partial charge in [0.05, 0.1) is 5.69 Å². The van der Waals surface area contributed by atoms with E-state index in [1.807, 2.05) is 30.3 Å². The Balaban J connectivity index is 2.19. The molecule has 0 fully saturated rings. The van der Waals surface area contributed by atoms with Gasteiger partial charge in [-0.3, -0.25) is 9.59 Å². The van der Waals surface area contributed by atoms with Gasteiger partial charge in [0.1, 0.15) is 12.4 Å². The third kappa shape index (κ3) is 5.10. The molecule has 0 aliphatic rings. The maximum absolute atomic E-state index is 12.1. The number of carbonyl (C=O) groups excluding carboxylic acids is 2. The van der Waals surface area contributed by atoms with Gasteiger partial charge >= 0.3 is 0 Å². The largest absolute Gasteiger partial charge is 0.487 e. The fourth-order valence-electron chi connectivity index (χ4n) is 2.10. The van der Waals surface area contributed by atoms with E-state index in [0.717, 1.165) is 5.56 Å².